The minimum Gasteiger partial charge on any atom is -0.444 e. The van der Waals surface area contributed by atoms with Crippen molar-refractivity contribution >= 4 is 12.3 Å². The zero-order valence-electron chi connectivity index (χ0n) is 17.4. The first-order valence-electron chi connectivity index (χ1n) is 10.1. The Balaban J connectivity index is 1.70. The Hall–Kier alpha value is -2.20. The first-order valence-corrected chi connectivity index (χ1v) is 10.1. The summed E-state index contributed by atoms with van der Waals surface area (Å²) in [5.41, 5.74) is 0.413. The smallest absolute Gasteiger partial charge is 0.410 e. The number of rotatable bonds is 6. The molecule has 9 nitrogen and oxygen atoms in total. The van der Waals surface area contributed by atoms with Crippen LogP contribution in [0.5, 0.6) is 0 Å². The molecule has 1 aromatic heterocycles. The Morgan fingerprint density at radius 1 is 1.31 bits per heavy atom. The Kier molecular flexibility index (Phi) is 6.74. The maximum Gasteiger partial charge on any atom is 0.410 e. The fraction of sp³-hybridized carbons (Fsp3) is 0.737. The maximum atomic E-state index is 13.4. The third kappa shape index (κ3) is 5.89. The molecule has 2 aliphatic heterocycles. The third-order valence-electron chi connectivity index (χ3n) is 5.21. The van der Waals surface area contributed by atoms with Crippen molar-refractivity contribution in [1.29, 1.82) is 0 Å². The molecule has 0 bridgehead atoms. The van der Waals surface area contributed by atoms with Crippen LogP contribution in [0.1, 0.15) is 32.9 Å². The molecule has 0 aliphatic carbocycles. The van der Waals surface area contributed by atoms with Gasteiger partial charge in [-0.15, -0.1) is 4.39 Å². The van der Waals surface area contributed by atoms with Gasteiger partial charge in [0.1, 0.15) is 5.60 Å². The number of imidazole rings is 1. The van der Waals surface area contributed by atoms with E-state index in [-0.39, 0.29) is 25.7 Å². The number of carbonyl (C=O) groups is 2. The molecule has 1 unspecified atom stereocenters. The second-order valence-corrected chi connectivity index (χ2v) is 8.57. The predicted octanol–water partition coefficient (Wildman–Crippen LogP) is 1.89. The fourth-order valence-corrected chi connectivity index (χ4v) is 3.58. The summed E-state index contributed by atoms with van der Waals surface area (Å²) in [6.07, 6.45) is 3.47. The largest absolute Gasteiger partial charge is 0.444 e. The van der Waals surface area contributed by atoms with Crippen LogP contribution in [0.4, 0.5) is 14.0 Å². The molecule has 3 rings (SSSR count). The van der Waals surface area contributed by atoms with Gasteiger partial charge in [0.25, 0.3) is 0 Å². The number of hydrogen-bond donors (Lipinski definition) is 1. The van der Waals surface area contributed by atoms with Gasteiger partial charge in [-0.1, -0.05) is 0 Å². The van der Waals surface area contributed by atoms with Gasteiger partial charge in [0.2, 0.25) is 0 Å². The van der Waals surface area contributed by atoms with E-state index in [0.717, 1.165) is 43.1 Å². The first kappa shape index (κ1) is 21.5. The zero-order valence-corrected chi connectivity index (χ0v) is 17.4. The average molecular weight is 410 g/mol. The molecule has 10 heteroatoms. The summed E-state index contributed by atoms with van der Waals surface area (Å²) < 4.78 is 18.9. The monoisotopic (exact) mass is 410 g/mol. The van der Waals surface area contributed by atoms with E-state index in [1.165, 1.54) is 0 Å². The van der Waals surface area contributed by atoms with Crippen molar-refractivity contribution in [2.24, 2.45) is 0 Å². The van der Waals surface area contributed by atoms with Crippen LogP contribution in [-0.4, -0.2) is 99.5 Å². The molecule has 0 aromatic carbocycles. The van der Waals surface area contributed by atoms with Crippen LogP contribution in [0.15, 0.2) is 12.5 Å². The fourth-order valence-electron chi connectivity index (χ4n) is 3.58. The number of amides is 2. The van der Waals surface area contributed by atoms with Crippen molar-refractivity contribution < 1.29 is 18.7 Å². The number of ether oxygens (including phenoxy) is 1. The SMILES string of the molecule is CC(C)(C)OC(=O)N1CCN(C(=O)F)CC1CN(CCc1cnc[nH]1)N1CCC1. The molecule has 1 atom stereocenters. The van der Waals surface area contributed by atoms with Crippen LogP contribution in [0.2, 0.25) is 0 Å². The number of H-pyrrole nitrogens is 1. The summed E-state index contributed by atoms with van der Waals surface area (Å²) in [6, 6.07) is -0.347. The molecule has 1 aromatic rings. The van der Waals surface area contributed by atoms with Gasteiger partial charge in [-0.05, 0) is 27.2 Å². The van der Waals surface area contributed by atoms with Gasteiger partial charge in [0.15, 0.2) is 0 Å². The van der Waals surface area contributed by atoms with Crippen LogP contribution in [0.3, 0.4) is 0 Å². The van der Waals surface area contributed by atoms with Crippen LogP contribution in [-0.2, 0) is 11.2 Å². The standard InChI is InChI=1S/C19H31FN6O3/c1-19(2,3)29-18(28)26-10-9-23(17(20)27)12-16(26)13-25(24-6-4-7-24)8-5-15-11-21-14-22-15/h11,14,16H,4-10,12-13H2,1-3H3,(H,21,22). The summed E-state index contributed by atoms with van der Waals surface area (Å²) in [5.74, 6) is 0. The summed E-state index contributed by atoms with van der Waals surface area (Å²) in [5, 5.41) is 4.43. The minimum atomic E-state index is -1.45. The maximum absolute atomic E-state index is 13.4. The van der Waals surface area contributed by atoms with E-state index in [2.05, 4.69) is 20.0 Å². The number of nitrogens with zero attached hydrogens (tertiary/aromatic N) is 5. The van der Waals surface area contributed by atoms with E-state index in [4.69, 9.17) is 4.74 Å². The van der Waals surface area contributed by atoms with Crippen molar-refractivity contribution in [3.05, 3.63) is 18.2 Å². The number of aromatic nitrogens is 2. The molecule has 3 heterocycles. The van der Waals surface area contributed by atoms with Crippen molar-refractivity contribution in [2.75, 3.05) is 45.8 Å². The molecule has 0 saturated carbocycles. The van der Waals surface area contributed by atoms with Crippen LogP contribution in [0, 0.1) is 0 Å². The molecule has 2 amide bonds. The Morgan fingerprint density at radius 3 is 2.62 bits per heavy atom. The lowest BCUT2D eigenvalue weighted by Gasteiger charge is -2.46. The summed E-state index contributed by atoms with van der Waals surface area (Å²) in [7, 11) is 0. The highest BCUT2D eigenvalue weighted by molar-refractivity contribution is 5.70. The van der Waals surface area contributed by atoms with E-state index < -0.39 is 17.9 Å². The molecule has 29 heavy (non-hydrogen) atoms. The van der Waals surface area contributed by atoms with Crippen molar-refractivity contribution in [1.82, 2.24) is 29.8 Å². The summed E-state index contributed by atoms with van der Waals surface area (Å²) in [6.45, 7) is 9.19. The van der Waals surface area contributed by atoms with Gasteiger partial charge in [-0.2, -0.15) is 0 Å². The van der Waals surface area contributed by atoms with Gasteiger partial charge in [0.05, 0.1) is 12.4 Å². The van der Waals surface area contributed by atoms with E-state index in [0.29, 0.717) is 6.54 Å². The van der Waals surface area contributed by atoms with Crippen molar-refractivity contribution in [3.63, 3.8) is 0 Å². The van der Waals surface area contributed by atoms with Crippen LogP contribution < -0.4 is 0 Å². The highest BCUT2D eigenvalue weighted by Gasteiger charge is 2.37. The second-order valence-electron chi connectivity index (χ2n) is 8.57. The van der Waals surface area contributed by atoms with Gasteiger partial charge >= 0.3 is 12.3 Å². The van der Waals surface area contributed by atoms with Gasteiger partial charge in [-0.3, -0.25) is 0 Å². The highest BCUT2D eigenvalue weighted by Crippen LogP contribution is 2.20. The normalized spacial score (nSPS) is 20.7. The quantitative estimate of drug-likeness (QED) is 0.569. The molecule has 2 saturated heterocycles. The van der Waals surface area contributed by atoms with Gasteiger partial charge in [-0.25, -0.2) is 24.6 Å². The van der Waals surface area contributed by atoms with Crippen LogP contribution in [0.25, 0.3) is 0 Å². The van der Waals surface area contributed by atoms with Crippen molar-refractivity contribution in [3.8, 4) is 0 Å². The number of piperazine rings is 1. The third-order valence-corrected chi connectivity index (χ3v) is 5.21. The Bertz CT molecular complexity index is 689. The molecule has 2 aliphatic rings. The molecule has 0 spiro atoms. The number of aromatic amines is 1. The number of hydrazine groups is 1. The van der Waals surface area contributed by atoms with E-state index >= 15 is 0 Å². The molecular weight excluding hydrogens is 379 g/mol. The zero-order chi connectivity index (χ0) is 21.0. The minimum absolute atomic E-state index is 0.156. The molecule has 0 radical (unpaired) electrons. The van der Waals surface area contributed by atoms with E-state index in [9.17, 15) is 14.0 Å². The number of halogens is 1. The number of carbonyl (C=O) groups excluding carboxylic acids is 2. The predicted molar refractivity (Wildman–Crippen MR) is 105 cm³/mol. The lowest BCUT2D eigenvalue weighted by atomic mass is 10.1. The van der Waals surface area contributed by atoms with Crippen LogP contribution >= 0.6 is 0 Å². The highest BCUT2D eigenvalue weighted by atomic mass is 19.1. The van der Waals surface area contributed by atoms with E-state index in [1.807, 2.05) is 20.8 Å². The molecule has 1 N–H and O–H groups in total. The summed E-state index contributed by atoms with van der Waals surface area (Å²) in [4.78, 5) is 34.0. The van der Waals surface area contributed by atoms with Gasteiger partial charge < -0.3 is 19.5 Å². The molecular formula is C19H31FN6O3. The van der Waals surface area contributed by atoms with Gasteiger partial charge in [0, 0.05) is 64.1 Å². The van der Waals surface area contributed by atoms with Crippen molar-refractivity contribution in [2.45, 2.75) is 45.3 Å². The number of nitrogens with one attached hydrogen (secondary N) is 1. The second kappa shape index (κ2) is 9.08. The van der Waals surface area contributed by atoms with E-state index in [1.54, 1.807) is 17.4 Å². The number of hydrogen-bond acceptors (Lipinski definition) is 6. The topological polar surface area (TPSA) is 85.0 Å². The lowest BCUT2D eigenvalue weighted by molar-refractivity contribution is -0.0914. The lowest BCUT2D eigenvalue weighted by Crippen LogP contribution is -2.62. The molecule has 2 fully saturated rings. The summed E-state index contributed by atoms with van der Waals surface area (Å²) >= 11 is 0. The Morgan fingerprint density at radius 2 is 2.07 bits per heavy atom. The average Bonchev–Trinajstić information content (AvgIpc) is 3.09. The molecule has 162 valence electrons. The Labute approximate surface area is 170 Å². The first-order chi connectivity index (χ1) is 13.7.